The number of ether oxygens (including phenoxy) is 1. The lowest BCUT2D eigenvalue weighted by Gasteiger charge is -2.07. The smallest absolute Gasteiger partial charge is 0.346 e. The molecule has 0 aliphatic rings. The van der Waals surface area contributed by atoms with E-state index in [4.69, 9.17) is 4.74 Å². The maximum absolute atomic E-state index is 11.2. The van der Waals surface area contributed by atoms with Gasteiger partial charge in [-0.15, -0.1) is 11.3 Å². The molecule has 2 aromatic heterocycles. The fourth-order valence-corrected chi connectivity index (χ4v) is 2.99. The van der Waals surface area contributed by atoms with E-state index in [1.807, 2.05) is 0 Å². The van der Waals surface area contributed by atoms with Gasteiger partial charge in [0.15, 0.2) is 0 Å². The standard InChI is InChI=1S/C14H19N3O3S/c1-3-4-6-20-7-5-15-12-10-9(2)11(14(18)19)21-13(10)17-8-16-12/h8H,3-7H2,1-2H3,(H,18,19)(H,15,16,17). The lowest BCUT2D eigenvalue weighted by atomic mass is 10.2. The summed E-state index contributed by atoms with van der Waals surface area (Å²) in [6, 6.07) is 0. The number of carboxylic acid groups (broad SMARTS) is 1. The number of unbranched alkanes of at least 4 members (excludes halogenated alkanes) is 1. The lowest BCUT2D eigenvalue weighted by Crippen LogP contribution is -2.11. The SMILES string of the molecule is CCCCOCCNc1ncnc2sc(C(=O)O)c(C)c12. The van der Waals surface area contributed by atoms with Gasteiger partial charge in [-0.1, -0.05) is 13.3 Å². The average molecular weight is 309 g/mol. The van der Waals surface area contributed by atoms with Gasteiger partial charge in [-0.3, -0.25) is 0 Å². The van der Waals surface area contributed by atoms with Gasteiger partial charge in [-0.25, -0.2) is 14.8 Å². The summed E-state index contributed by atoms with van der Waals surface area (Å²) >= 11 is 1.17. The van der Waals surface area contributed by atoms with Crippen molar-refractivity contribution in [1.82, 2.24) is 9.97 Å². The van der Waals surface area contributed by atoms with Crippen LogP contribution in [0.1, 0.15) is 35.0 Å². The van der Waals surface area contributed by atoms with E-state index in [1.54, 1.807) is 6.92 Å². The number of aryl methyl sites for hydroxylation is 1. The van der Waals surface area contributed by atoms with E-state index in [0.29, 0.717) is 34.2 Å². The number of carbonyl (C=O) groups is 1. The molecule has 0 bridgehead atoms. The Balaban J connectivity index is 2.08. The number of aromatic nitrogens is 2. The first-order valence-electron chi connectivity index (χ1n) is 6.94. The molecule has 0 radical (unpaired) electrons. The summed E-state index contributed by atoms with van der Waals surface area (Å²) < 4.78 is 5.48. The van der Waals surface area contributed by atoms with Crippen molar-refractivity contribution in [1.29, 1.82) is 0 Å². The number of hydrogen-bond acceptors (Lipinski definition) is 6. The zero-order chi connectivity index (χ0) is 15.2. The molecule has 0 aliphatic carbocycles. The van der Waals surface area contributed by atoms with Crippen LogP contribution in [-0.2, 0) is 4.74 Å². The van der Waals surface area contributed by atoms with Gasteiger partial charge < -0.3 is 15.2 Å². The van der Waals surface area contributed by atoms with Crippen LogP contribution in [0.25, 0.3) is 10.2 Å². The van der Waals surface area contributed by atoms with Gasteiger partial charge in [0.25, 0.3) is 0 Å². The minimum Gasteiger partial charge on any atom is -0.477 e. The molecule has 2 aromatic rings. The number of aromatic carboxylic acids is 1. The van der Waals surface area contributed by atoms with Gasteiger partial charge in [0.05, 0.1) is 12.0 Å². The average Bonchev–Trinajstić information content (AvgIpc) is 2.81. The van der Waals surface area contributed by atoms with Gasteiger partial charge in [0.2, 0.25) is 0 Å². The highest BCUT2D eigenvalue weighted by atomic mass is 32.1. The molecule has 0 aliphatic heterocycles. The summed E-state index contributed by atoms with van der Waals surface area (Å²) in [6.45, 7) is 5.90. The summed E-state index contributed by atoms with van der Waals surface area (Å²) in [5.74, 6) is -0.260. The third-order valence-corrected chi connectivity index (χ3v) is 4.29. The first-order chi connectivity index (χ1) is 10.1. The fourth-order valence-electron chi connectivity index (χ4n) is 2.00. The Morgan fingerprint density at radius 3 is 2.95 bits per heavy atom. The van der Waals surface area contributed by atoms with Gasteiger partial charge >= 0.3 is 5.97 Å². The predicted molar refractivity (Wildman–Crippen MR) is 83.3 cm³/mol. The van der Waals surface area contributed by atoms with Crippen LogP contribution in [0.2, 0.25) is 0 Å². The molecule has 0 saturated carbocycles. The molecule has 0 amide bonds. The molecule has 0 unspecified atom stereocenters. The lowest BCUT2D eigenvalue weighted by molar-refractivity contribution is 0.0701. The van der Waals surface area contributed by atoms with Crippen LogP contribution in [-0.4, -0.2) is 40.8 Å². The quantitative estimate of drug-likeness (QED) is 0.729. The summed E-state index contributed by atoms with van der Waals surface area (Å²) in [6.07, 6.45) is 3.62. The molecule has 7 heteroatoms. The third kappa shape index (κ3) is 3.68. The minimum atomic E-state index is -0.927. The Kier molecular flexibility index (Phi) is 5.46. The summed E-state index contributed by atoms with van der Waals surface area (Å²) in [5.41, 5.74) is 0.706. The van der Waals surface area contributed by atoms with Crippen molar-refractivity contribution in [2.24, 2.45) is 0 Å². The number of fused-ring (bicyclic) bond motifs is 1. The van der Waals surface area contributed by atoms with Crippen LogP contribution in [0.5, 0.6) is 0 Å². The van der Waals surface area contributed by atoms with Crippen LogP contribution in [0.15, 0.2) is 6.33 Å². The van der Waals surface area contributed by atoms with Crippen molar-refractivity contribution in [2.45, 2.75) is 26.7 Å². The van der Waals surface area contributed by atoms with Crippen molar-refractivity contribution in [3.8, 4) is 0 Å². The molecule has 2 heterocycles. The summed E-state index contributed by atoms with van der Waals surface area (Å²) in [7, 11) is 0. The van der Waals surface area contributed by atoms with Crippen LogP contribution >= 0.6 is 11.3 Å². The Morgan fingerprint density at radius 1 is 1.43 bits per heavy atom. The molecule has 21 heavy (non-hydrogen) atoms. The van der Waals surface area contributed by atoms with Gasteiger partial charge in [-0.05, 0) is 18.9 Å². The van der Waals surface area contributed by atoms with Gasteiger partial charge in [0.1, 0.15) is 21.9 Å². The molecule has 0 aromatic carbocycles. The Hall–Kier alpha value is -1.73. The fraction of sp³-hybridized carbons (Fsp3) is 0.500. The van der Waals surface area contributed by atoms with E-state index in [2.05, 4.69) is 22.2 Å². The van der Waals surface area contributed by atoms with E-state index in [9.17, 15) is 9.90 Å². The molecule has 0 atom stereocenters. The van der Waals surface area contributed by atoms with E-state index >= 15 is 0 Å². The first-order valence-corrected chi connectivity index (χ1v) is 7.75. The number of nitrogens with zero attached hydrogens (tertiary/aromatic N) is 2. The second kappa shape index (κ2) is 7.33. The predicted octanol–water partition coefficient (Wildman–Crippen LogP) is 2.93. The van der Waals surface area contributed by atoms with Crippen molar-refractivity contribution in [3.05, 3.63) is 16.8 Å². The van der Waals surface area contributed by atoms with Crippen LogP contribution < -0.4 is 5.32 Å². The zero-order valence-electron chi connectivity index (χ0n) is 12.2. The largest absolute Gasteiger partial charge is 0.477 e. The number of thiophene rings is 1. The van der Waals surface area contributed by atoms with Gasteiger partial charge in [-0.2, -0.15) is 0 Å². The van der Waals surface area contributed by atoms with Crippen LogP contribution in [0, 0.1) is 6.92 Å². The topological polar surface area (TPSA) is 84.3 Å². The molecule has 0 saturated heterocycles. The summed E-state index contributed by atoms with van der Waals surface area (Å²) in [4.78, 5) is 20.5. The molecule has 0 fully saturated rings. The number of carboxylic acids is 1. The zero-order valence-corrected chi connectivity index (χ0v) is 13.0. The second-order valence-corrected chi connectivity index (χ2v) is 5.66. The molecular formula is C14H19N3O3S. The van der Waals surface area contributed by atoms with Crippen LogP contribution in [0.4, 0.5) is 5.82 Å². The highest BCUT2D eigenvalue weighted by Crippen LogP contribution is 2.32. The molecule has 114 valence electrons. The molecule has 6 nitrogen and oxygen atoms in total. The van der Waals surface area contributed by atoms with Gasteiger partial charge in [0, 0.05) is 13.2 Å². The number of nitrogens with one attached hydrogen (secondary N) is 1. The monoisotopic (exact) mass is 309 g/mol. The molecule has 0 spiro atoms. The number of hydrogen-bond donors (Lipinski definition) is 2. The maximum atomic E-state index is 11.2. The molecular weight excluding hydrogens is 290 g/mol. The van der Waals surface area contributed by atoms with Crippen molar-refractivity contribution >= 4 is 33.3 Å². The Labute approximate surface area is 127 Å². The van der Waals surface area contributed by atoms with Crippen molar-refractivity contribution in [3.63, 3.8) is 0 Å². The van der Waals surface area contributed by atoms with E-state index in [-0.39, 0.29) is 0 Å². The minimum absolute atomic E-state index is 0.313. The summed E-state index contributed by atoms with van der Waals surface area (Å²) in [5, 5.41) is 13.2. The first kappa shape index (κ1) is 15.7. The number of anilines is 1. The highest BCUT2D eigenvalue weighted by molar-refractivity contribution is 7.20. The van der Waals surface area contributed by atoms with E-state index in [1.165, 1.54) is 17.7 Å². The van der Waals surface area contributed by atoms with E-state index < -0.39 is 5.97 Å². The molecule has 2 rings (SSSR count). The second-order valence-electron chi connectivity index (χ2n) is 4.66. The number of rotatable bonds is 8. The Morgan fingerprint density at radius 2 is 2.24 bits per heavy atom. The Bertz CT molecular complexity index is 627. The van der Waals surface area contributed by atoms with Crippen molar-refractivity contribution < 1.29 is 14.6 Å². The maximum Gasteiger partial charge on any atom is 0.346 e. The molecule has 2 N–H and O–H groups in total. The van der Waals surface area contributed by atoms with Crippen LogP contribution in [0.3, 0.4) is 0 Å². The normalized spacial score (nSPS) is 11.0. The van der Waals surface area contributed by atoms with Crippen molar-refractivity contribution in [2.75, 3.05) is 25.1 Å². The van der Waals surface area contributed by atoms with E-state index in [0.717, 1.165) is 24.8 Å². The third-order valence-electron chi connectivity index (χ3n) is 3.10. The highest BCUT2D eigenvalue weighted by Gasteiger charge is 2.18.